The highest BCUT2D eigenvalue weighted by Gasteiger charge is 2.31. The largest absolute Gasteiger partial charge is 0.310 e. The van der Waals surface area contributed by atoms with Crippen molar-refractivity contribution in [2.24, 2.45) is 0 Å². The fourth-order valence-corrected chi connectivity index (χ4v) is 14.2. The number of hydrogen-bond acceptors (Lipinski definition) is 2. The highest BCUT2D eigenvalue weighted by atomic mass is 15.1. The lowest BCUT2D eigenvalue weighted by Crippen LogP contribution is -2.12. The van der Waals surface area contributed by atoms with Crippen LogP contribution < -0.4 is 9.80 Å². The van der Waals surface area contributed by atoms with E-state index in [0.717, 1.165) is 11.4 Å². The van der Waals surface area contributed by atoms with Crippen molar-refractivity contribution in [3.8, 4) is 22.3 Å². The van der Waals surface area contributed by atoms with Crippen molar-refractivity contribution in [3.05, 3.63) is 249 Å². The minimum absolute atomic E-state index is 1.14. The van der Waals surface area contributed by atoms with E-state index in [1.165, 1.54) is 188 Å². The highest BCUT2D eigenvalue weighted by molar-refractivity contribution is 6.38. The molecule has 4 nitrogen and oxygen atoms in total. The van der Waals surface area contributed by atoms with E-state index in [1.54, 1.807) is 0 Å². The van der Waals surface area contributed by atoms with Gasteiger partial charge in [-0.2, -0.15) is 0 Å². The molecule has 82 heavy (non-hydrogen) atoms. The van der Waals surface area contributed by atoms with Gasteiger partial charge in [0, 0.05) is 88.3 Å². The highest BCUT2D eigenvalue weighted by Crippen LogP contribution is 2.55. The molecule has 0 N–H and O–H groups in total. The first-order chi connectivity index (χ1) is 39.7. The lowest BCUT2D eigenvalue weighted by Gasteiger charge is -2.28. The van der Waals surface area contributed by atoms with E-state index in [0.29, 0.717) is 0 Å². The summed E-state index contributed by atoms with van der Waals surface area (Å²) >= 11 is 0. The van der Waals surface area contributed by atoms with Crippen LogP contribution in [0.4, 0.5) is 34.1 Å². The second-order valence-electron chi connectivity index (χ2n) is 23.9. The Morgan fingerprint density at radius 3 is 0.841 bits per heavy atom. The second kappa shape index (κ2) is 18.1. The first-order valence-electron chi connectivity index (χ1n) is 29.1. The summed E-state index contributed by atoms with van der Waals surface area (Å²) in [4.78, 5) is 4.96. The smallest absolute Gasteiger partial charge is 0.0634 e. The molecule has 0 spiro atoms. The van der Waals surface area contributed by atoms with Crippen LogP contribution in [0.2, 0.25) is 0 Å². The molecule has 0 saturated carbocycles. The van der Waals surface area contributed by atoms with Crippen molar-refractivity contribution < 1.29 is 0 Å². The first-order valence-corrected chi connectivity index (χ1v) is 29.1. The number of anilines is 6. The molecule has 0 fully saturated rings. The van der Waals surface area contributed by atoms with Crippen molar-refractivity contribution in [2.75, 3.05) is 9.80 Å². The summed E-state index contributed by atoms with van der Waals surface area (Å²) in [6.07, 6.45) is 0. The Labute approximate surface area is 480 Å². The van der Waals surface area contributed by atoms with E-state index in [-0.39, 0.29) is 0 Å². The zero-order valence-electron chi connectivity index (χ0n) is 49.1. The van der Waals surface area contributed by atoms with Crippen LogP contribution in [-0.2, 0) is 0 Å². The molecule has 0 radical (unpaired) electrons. The molecule has 0 aliphatic carbocycles. The predicted molar refractivity (Wildman–Crippen MR) is 353 cm³/mol. The monoisotopic (exact) mass is 1060 g/mol. The van der Waals surface area contributed by atoms with E-state index in [9.17, 15) is 0 Å². The molecule has 0 unspecified atom stereocenters. The van der Waals surface area contributed by atoms with Crippen LogP contribution in [-0.4, -0.2) is 8.80 Å². The molecule has 15 aromatic rings. The Morgan fingerprint density at radius 2 is 0.537 bits per heavy atom. The molecule has 398 valence electrons. The Morgan fingerprint density at radius 1 is 0.244 bits per heavy atom. The molecular weight excluding hydrogens is 993 g/mol. The van der Waals surface area contributed by atoms with Gasteiger partial charge in [-0.25, -0.2) is 0 Å². The Balaban J connectivity index is 1.06. The van der Waals surface area contributed by atoms with Gasteiger partial charge in [-0.15, -0.1) is 0 Å². The number of hydrogen-bond donors (Lipinski definition) is 0. The van der Waals surface area contributed by atoms with Gasteiger partial charge in [0.2, 0.25) is 0 Å². The van der Waals surface area contributed by atoms with Crippen molar-refractivity contribution in [1.82, 2.24) is 8.80 Å². The van der Waals surface area contributed by atoms with Crippen LogP contribution >= 0.6 is 0 Å². The van der Waals surface area contributed by atoms with Gasteiger partial charge < -0.3 is 18.6 Å². The fraction of sp³-hybridized carbons (Fsp3) is 0.154. The van der Waals surface area contributed by atoms with Crippen LogP contribution in [0.1, 0.15) is 66.8 Å². The molecule has 11 aromatic carbocycles. The molecule has 0 amide bonds. The van der Waals surface area contributed by atoms with Gasteiger partial charge in [-0.3, -0.25) is 0 Å². The third kappa shape index (κ3) is 7.03. The minimum Gasteiger partial charge on any atom is -0.310 e. The van der Waals surface area contributed by atoms with E-state index >= 15 is 0 Å². The maximum atomic E-state index is 2.63. The third-order valence-corrected chi connectivity index (χ3v) is 19.3. The van der Waals surface area contributed by atoms with E-state index in [4.69, 9.17) is 0 Å². The molecule has 4 aromatic heterocycles. The zero-order chi connectivity index (χ0) is 56.3. The lowest BCUT2D eigenvalue weighted by atomic mass is 9.89. The molecule has 15 rings (SSSR count). The van der Waals surface area contributed by atoms with Crippen LogP contribution in [0, 0.1) is 83.1 Å². The van der Waals surface area contributed by atoms with Gasteiger partial charge in [0.15, 0.2) is 0 Å². The number of benzene rings is 11. The summed E-state index contributed by atoms with van der Waals surface area (Å²) in [6.45, 7) is 26.9. The zero-order valence-corrected chi connectivity index (χ0v) is 49.1. The number of para-hydroxylation sites is 2. The standard InChI is InChI=1S/C78H66N4/c1-43-33-59(34-44(2)51(43)9)79(60-35-45(3)52(10)46(4)36-60)57-29-31-69-67(41-57)63-25-19-27-65-73-72(56-23-17-14-18-24-56)78-74(71(55-21-15-13-16-22-55)77(73)81(69)75(63)65)66-28-20-26-64-68-42-58(30-32-70(68)82(78)76(64)66)80(61-37-47(5)53(11)48(6)38-61)62-39-49(7)54(12)50(8)40-62/h13-42H,1-12H3. The lowest BCUT2D eigenvalue weighted by molar-refractivity contribution is 1.19. The minimum atomic E-state index is 1.14. The van der Waals surface area contributed by atoms with Crippen LogP contribution in [0.15, 0.2) is 182 Å². The Kier molecular flexibility index (Phi) is 10.9. The molecule has 0 bridgehead atoms. The summed E-state index contributed by atoms with van der Waals surface area (Å²) in [7, 11) is 0. The van der Waals surface area contributed by atoms with Crippen molar-refractivity contribution >= 4 is 110 Å². The van der Waals surface area contributed by atoms with E-state index in [2.05, 4.69) is 284 Å². The maximum absolute atomic E-state index is 2.63. The Hall–Kier alpha value is -9.38. The van der Waals surface area contributed by atoms with Crippen molar-refractivity contribution in [2.45, 2.75) is 83.1 Å². The number of nitrogens with zero attached hydrogens (tertiary/aromatic N) is 4. The number of aryl methyl sites for hydroxylation is 8. The maximum Gasteiger partial charge on any atom is 0.0634 e. The van der Waals surface area contributed by atoms with Gasteiger partial charge in [0.1, 0.15) is 0 Å². The van der Waals surface area contributed by atoms with Gasteiger partial charge in [-0.05, 0) is 246 Å². The van der Waals surface area contributed by atoms with Gasteiger partial charge >= 0.3 is 0 Å². The van der Waals surface area contributed by atoms with Gasteiger partial charge in [-0.1, -0.05) is 97.1 Å². The molecule has 4 heterocycles. The average molecular weight is 1060 g/mol. The quantitative estimate of drug-likeness (QED) is 0.151. The second-order valence-corrected chi connectivity index (χ2v) is 23.9. The van der Waals surface area contributed by atoms with E-state index in [1.807, 2.05) is 0 Å². The third-order valence-electron chi connectivity index (χ3n) is 19.3. The average Bonchev–Trinajstić information content (AvgIpc) is 1.99. The van der Waals surface area contributed by atoms with Gasteiger partial charge in [0.05, 0.1) is 33.1 Å². The molecule has 0 saturated heterocycles. The van der Waals surface area contributed by atoms with E-state index < -0.39 is 0 Å². The molecule has 0 atom stereocenters. The SMILES string of the molecule is Cc1cc(N(c2cc(C)c(C)c(C)c2)c2ccc3c(c2)c2cccc4c5c(-c6ccccc6)c6c(c(-c7ccccc7)c5n3c24)c2cccc3c4cc(N(c5cc(C)c(C)c(C)c5)c5cc(C)c(C)c(C)c5)ccc4n6c32)cc(C)c1C. The summed E-state index contributed by atoms with van der Waals surface area (Å²) < 4.78 is 5.27. The summed E-state index contributed by atoms with van der Waals surface area (Å²) in [5, 5.41) is 10.0. The number of rotatable bonds is 8. The summed E-state index contributed by atoms with van der Waals surface area (Å²) in [5.74, 6) is 0. The molecule has 4 heteroatoms. The molecule has 0 aliphatic heterocycles. The van der Waals surface area contributed by atoms with Crippen LogP contribution in [0.25, 0.3) is 98.4 Å². The Bertz CT molecular complexity index is 4630. The van der Waals surface area contributed by atoms with Gasteiger partial charge in [0.25, 0.3) is 0 Å². The molecule has 0 aliphatic rings. The van der Waals surface area contributed by atoms with Crippen molar-refractivity contribution in [1.29, 1.82) is 0 Å². The number of fused-ring (bicyclic) bond motifs is 12. The topological polar surface area (TPSA) is 15.3 Å². The summed E-state index contributed by atoms with van der Waals surface area (Å²) in [5.41, 5.74) is 35.0. The fourth-order valence-electron chi connectivity index (χ4n) is 14.2. The van der Waals surface area contributed by atoms with Crippen molar-refractivity contribution in [3.63, 3.8) is 0 Å². The number of aromatic nitrogens is 2. The van der Waals surface area contributed by atoms with Crippen LogP contribution in [0.5, 0.6) is 0 Å². The normalized spacial score (nSPS) is 12.1. The predicted octanol–water partition coefficient (Wildman–Crippen LogP) is 22.0. The first kappa shape index (κ1) is 49.6. The molecular formula is C78H66N4. The van der Waals surface area contributed by atoms with Crippen LogP contribution in [0.3, 0.4) is 0 Å². The summed E-state index contributed by atoms with van der Waals surface area (Å²) in [6, 6.07) is 69.9.